The number of benzene rings is 5. The van der Waals surface area contributed by atoms with Crippen LogP contribution in [0.2, 0.25) is 0 Å². The number of esters is 1. The summed E-state index contributed by atoms with van der Waals surface area (Å²) in [5.74, 6) is -2.58. The summed E-state index contributed by atoms with van der Waals surface area (Å²) < 4.78 is 53.1. The highest BCUT2D eigenvalue weighted by molar-refractivity contribution is 8.07. The van der Waals surface area contributed by atoms with Crippen LogP contribution < -0.4 is 0 Å². The van der Waals surface area contributed by atoms with E-state index >= 15 is 0 Å². The number of likely N-dealkylation sites (tertiary alicyclic amines) is 5. The van der Waals surface area contributed by atoms with Crippen molar-refractivity contribution in [3.63, 3.8) is 0 Å². The number of β-amino-alcohol motifs (C(OH)–C–C–N with tert-alkyl or cyclic N) is 1. The lowest BCUT2D eigenvalue weighted by molar-refractivity contribution is -0.148. The molecule has 30 heteroatoms. The van der Waals surface area contributed by atoms with Crippen LogP contribution in [0.1, 0.15) is 94.5 Å². The molecule has 5 aromatic carbocycles. The van der Waals surface area contributed by atoms with Crippen LogP contribution in [-0.4, -0.2) is 233 Å². The summed E-state index contributed by atoms with van der Waals surface area (Å²) in [6.07, 6.45) is -1.29. The number of carbonyl (C=O) groups excluding carboxylic acids is 7. The number of aldehydes is 1. The lowest BCUT2D eigenvalue weighted by Gasteiger charge is -2.22. The Kier molecular flexibility index (Phi) is 39.5. The van der Waals surface area contributed by atoms with Gasteiger partial charge in [-0.25, -0.2) is 38.4 Å². The zero-order chi connectivity index (χ0) is 76.5. The molecule has 5 heterocycles. The molecule has 0 aromatic heterocycles. The number of amides is 5. The van der Waals surface area contributed by atoms with Crippen molar-refractivity contribution in [2.24, 2.45) is 0 Å². The molecule has 0 spiro atoms. The Morgan fingerprint density at radius 2 is 0.667 bits per heavy atom. The predicted octanol–water partition coefficient (Wildman–Crippen LogP) is 8.89. The van der Waals surface area contributed by atoms with Gasteiger partial charge in [-0.1, -0.05) is 152 Å². The van der Waals surface area contributed by atoms with Crippen molar-refractivity contribution >= 4 is 77.0 Å². The molecule has 0 aliphatic carbocycles. The number of ether oxygens (including phenoxy) is 10. The number of nitrogens with zero attached hydrogens (tertiary/aromatic N) is 5. The van der Waals surface area contributed by atoms with Gasteiger partial charge in [-0.2, -0.15) is 0 Å². The summed E-state index contributed by atoms with van der Waals surface area (Å²) >= 11 is 7.33. The number of aliphatic hydroxyl groups is 2. The molecule has 0 saturated carbocycles. The Morgan fingerprint density at radius 3 is 1.00 bits per heavy atom. The van der Waals surface area contributed by atoms with Crippen molar-refractivity contribution in [3.8, 4) is 0 Å². The Bertz CT molecular complexity index is 3400. The summed E-state index contributed by atoms with van der Waals surface area (Å²) in [7, 11) is 0. The molecule has 0 radical (unpaired) electrons. The minimum atomic E-state index is -1.13. The number of hydrogen-bond donors (Lipinski definition) is 4. The van der Waals surface area contributed by atoms with Crippen molar-refractivity contribution in [2.75, 3.05) is 72.4 Å². The number of rotatable bonds is 24. The summed E-state index contributed by atoms with van der Waals surface area (Å²) in [6, 6.07) is 43.6. The SMILES string of the molecule is CCOC(=O)[C@H]1C[C@@H](OCC)CN1C(=O)OCc1ccccc1.CCO[C@@H]1C[C@H](C(=O)O)N(C(=O)OCc2ccccc2)C1.CCO[C@@H]1C[C@H](C=O)N(C(=O)OCc2ccccc2)C1.CCO[C@@H]1C[C@H](CO)N(C(=O)OCc2ccccc2)C1.O=C(O)[C@H]1C[C@@H](O)CN1C(=O)OCc1ccccc1.S=S. The molecule has 28 nitrogen and oxygen atoms in total. The Hall–Kier alpha value is -9.27. The fourth-order valence-electron chi connectivity index (χ4n) is 11.8. The number of aliphatic hydroxyl groups excluding tert-OH is 2. The molecule has 5 amide bonds. The predicted molar refractivity (Wildman–Crippen MR) is 386 cm³/mol. The van der Waals surface area contributed by atoms with Crippen LogP contribution in [0, 0.1) is 0 Å². The first-order valence-electron chi connectivity index (χ1n) is 34.7. The maximum absolute atomic E-state index is 12.3. The maximum Gasteiger partial charge on any atom is 0.410 e. The van der Waals surface area contributed by atoms with E-state index < -0.39 is 78.6 Å². The highest BCUT2D eigenvalue weighted by atomic mass is 32.8. The fourth-order valence-corrected chi connectivity index (χ4v) is 11.8. The van der Waals surface area contributed by atoms with Gasteiger partial charge in [-0.15, -0.1) is 0 Å². The lowest BCUT2D eigenvalue weighted by Crippen LogP contribution is -2.41. The van der Waals surface area contributed by atoms with Crippen molar-refractivity contribution in [1.29, 1.82) is 0 Å². The fraction of sp³-hybridized carbons (Fsp3) is 0.480. The third kappa shape index (κ3) is 29.3. The summed E-state index contributed by atoms with van der Waals surface area (Å²) in [4.78, 5) is 112. The Balaban J connectivity index is 0.000000235. The molecule has 0 unspecified atom stereocenters. The van der Waals surface area contributed by atoms with Crippen LogP contribution in [0.3, 0.4) is 0 Å². The van der Waals surface area contributed by atoms with E-state index in [-0.39, 0.29) is 96.2 Å². The first-order chi connectivity index (χ1) is 50.8. The van der Waals surface area contributed by atoms with E-state index in [4.69, 9.17) is 52.5 Å². The van der Waals surface area contributed by atoms with Crippen molar-refractivity contribution in [2.45, 2.75) is 160 Å². The van der Waals surface area contributed by atoms with E-state index in [1.165, 1.54) is 14.7 Å². The van der Waals surface area contributed by atoms with Crippen molar-refractivity contribution < 1.29 is 111 Å². The molecule has 10 rings (SSSR count). The van der Waals surface area contributed by atoms with Gasteiger partial charge in [0.2, 0.25) is 0 Å². The van der Waals surface area contributed by atoms with Gasteiger partial charge in [-0.05, 0) is 68.9 Å². The topological polar surface area (TPSA) is 343 Å². The molecular weight excluding hydrogens is 1400 g/mol. The van der Waals surface area contributed by atoms with Gasteiger partial charge < -0.3 is 77.5 Å². The summed E-state index contributed by atoms with van der Waals surface area (Å²) in [5.41, 5.74) is 4.45. The second-order valence-electron chi connectivity index (χ2n) is 24.1. The number of carboxylic acid groups (broad SMARTS) is 2. The van der Waals surface area contributed by atoms with Crippen LogP contribution in [-0.2, 0) is 122 Å². The number of hydrogen-bond acceptors (Lipinski definition) is 23. The van der Waals surface area contributed by atoms with Gasteiger partial charge in [-0.3, -0.25) is 19.6 Å². The van der Waals surface area contributed by atoms with Gasteiger partial charge >= 0.3 is 48.4 Å². The average molecular weight is 1500 g/mol. The monoisotopic (exact) mass is 1500 g/mol. The van der Waals surface area contributed by atoms with E-state index in [2.05, 4.69) is 22.4 Å². The zero-order valence-corrected chi connectivity index (χ0v) is 61.4. The number of carboxylic acids is 2. The molecular formula is C75H97N5O23S2. The zero-order valence-electron chi connectivity index (χ0n) is 59.7. The molecule has 5 fully saturated rings. The largest absolute Gasteiger partial charge is 0.480 e. The minimum Gasteiger partial charge on any atom is -0.480 e. The first-order valence-corrected chi connectivity index (χ1v) is 36.0. The Labute approximate surface area is 621 Å². The van der Waals surface area contributed by atoms with E-state index in [1.54, 1.807) is 24.0 Å². The van der Waals surface area contributed by atoms with Crippen LogP contribution in [0.5, 0.6) is 0 Å². The highest BCUT2D eigenvalue weighted by Gasteiger charge is 2.44. The van der Waals surface area contributed by atoms with Crippen LogP contribution in [0.4, 0.5) is 24.0 Å². The molecule has 5 aliphatic rings. The smallest absolute Gasteiger partial charge is 0.410 e. The highest BCUT2D eigenvalue weighted by Crippen LogP contribution is 2.27. The van der Waals surface area contributed by atoms with Gasteiger partial charge in [0.1, 0.15) is 57.4 Å². The molecule has 105 heavy (non-hydrogen) atoms. The molecule has 0 bridgehead atoms. The van der Waals surface area contributed by atoms with E-state index in [0.29, 0.717) is 71.7 Å². The van der Waals surface area contributed by atoms with E-state index in [9.17, 15) is 58.5 Å². The molecule has 5 saturated heterocycles. The minimum absolute atomic E-state index is 0.00934. The average Bonchev–Trinajstić information content (AvgIpc) is 1.75. The van der Waals surface area contributed by atoms with Crippen molar-refractivity contribution in [1.82, 2.24) is 24.5 Å². The Morgan fingerprint density at radius 1 is 0.381 bits per heavy atom. The van der Waals surface area contributed by atoms with Crippen LogP contribution in [0.15, 0.2) is 152 Å². The van der Waals surface area contributed by atoms with Gasteiger partial charge in [0.15, 0.2) is 0 Å². The number of aliphatic carboxylic acids is 2. The number of carbonyl (C=O) groups is 9. The summed E-state index contributed by atoms with van der Waals surface area (Å²) in [6.45, 7) is 14.0. The van der Waals surface area contributed by atoms with E-state index in [1.807, 2.05) is 167 Å². The normalized spacial score (nSPS) is 21.1. The molecule has 4 N–H and O–H groups in total. The molecule has 10 atom stereocenters. The third-order valence-electron chi connectivity index (χ3n) is 16.8. The third-order valence-corrected chi connectivity index (χ3v) is 16.8. The second-order valence-corrected chi connectivity index (χ2v) is 24.1. The molecule has 5 aromatic rings. The van der Waals surface area contributed by atoms with Gasteiger partial charge in [0.05, 0.1) is 88.5 Å². The lowest BCUT2D eigenvalue weighted by atomic mass is 10.2. The first kappa shape index (κ1) is 86.4. The van der Waals surface area contributed by atoms with Crippen LogP contribution >= 0.6 is 0 Å². The summed E-state index contributed by atoms with van der Waals surface area (Å²) in [5, 5.41) is 37.0. The second kappa shape index (κ2) is 48.0. The van der Waals surface area contributed by atoms with E-state index in [0.717, 1.165) is 39.0 Å². The molecule has 572 valence electrons. The van der Waals surface area contributed by atoms with Crippen molar-refractivity contribution in [3.05, 3.63) is 179 Å². The standard InChI is InChI=1S/C17H23NO5.C15H19NO5.C15H21NO4.C15H19NO4.C13H15NO5.S2/c1-3-21-14-10-15(16(19)22-4-2)18(11-14)17(20)23-12-13-8-6-5-7-9-13;1-2-20-12-8-13(14(17)18)16(9-12)15(19)21-10-11-6-4-3-5-7-11;2*1-2-19-14-8-13(10-17)16(9-14)15(18)20-11-12-6-4-3-5-7-12;15-10-6-11(12(16)17)14(7-10)13(18)19-8-9-4-2-1-3-5-9;1-2/h5-9,14-15H,3-4,10-12H2,1-2H3;3-7,12-13H,2,8-10H2,1H3,(H,17,18);3-7,13-14,17H,2,8-11H2,1H3;3-7,10,13-14H,2,8-9,11H2,1H3;1-5,10-11,15H,6-8H2,(H,16,17);/t14-,15-;12-,13-;2*13-,14-;10-,11-;/m11111./s1. The van der Waals surface area contributed by atoms with Gasteiger partial charge in [0, 0.05) is 74.5 Å². The van der Waals surface area contributed by atoms with Crippen LogP contribution in [0.25, 0.3) is 0 Å². The van der Waals surface area contributed by atoms with Gasteiger partial charge in [0.25, 0.3) is 0 Å². The molecule has 5 aliphatic heterocycles. The maximum atomic E-state index is 12.3. The quantitative estimate of drug-likeness (QED) is 0.0254.